The molecule has 0 amide bonds. The highest BCUT2D eigenvalue weighted by molar-refractivity contribution is 7.93. The van der Waals surface area contributed by atoms with E-state index in [4.69, 9.17) is 11.6 Å². The minimum Gasteiger partial charge on any atom is -0.222 e. The first-order valence-corrected chi connectivity index (χ1v) is 15.0. The van der Waals surface area contributed by atoms with Gasteiger partial charge in [0.2, 0.25) is 19.9 Å². The first-order chi connectivity index (χ1) is 15.9. The van der Waals surface area contributed by atoms with Crippen LogP contribution in [-0.2, 0) is 36.4 Å². The summed E-state index contributed by atoms with van der Waals surface area (Å²) in [5, 5.41) is 0.205. The van der Waals surface area contributed by atoms with E-state index in [0.717, 1.165) is 10.2 Å². The molecule has 4 rings (SSSR count). The summed E-state index contributed by atoms with van der Waals surface area (Å²) < 4.78 is 80.0. The lowest BCUT2D eigenvalue weighted by molar-refractivity contribution is 0.574. The molecule has 0 unspecified atom stereocenters. The minimum absolute atomic E-state index is 0.0113. The Morgan fingerprint density at radius 3 is 2.12 bits per heavy atom. The van der Waals surface area contributed by atoms with E-state index in [1.54, 1.807) is 18.2 Å². The highest BCUT2D eigenvalue weighted by Gasteiger charge is 2.31. The SMILES string of the molecule is CS(=O)(=O)NCc1ccc(S(=O)(=O)c2cc3ccccc3n2S(=O)(=O)c2cccc(Cl)c2)cc1. The van der Waals surface area contributed by atoms with Crippen molar-refractivity contribution < 1.29 is 25.3 Å². The lowest BCUT2D eigenvalue weighted by Gasteiger charge is -2.13. The van der Waals surface area contributed by atoms with Gasteiger partial charge in [0, 0.05) is 17.0 Å². The Morgan fingerprint density at radius 1 is 0.794 bits per heavy atom. The van der Waals surface area contributed by atoms with Crippen molar-refractivity contribution in [3.63, 3.8) is 0 Å². The van der Waals surface area contributed by atoms with Gasteiger partial charge in [-0.15, -0.1) is 0 Å². The van der Waals surface area contributed by atoms with Crippen LogP contribution in [0.4, 0.5) is 0 Å². The van der Waals surface area contributed by atoms with Gasteiger partial charge in [0.25, 0.3) is 10.0 Å². The smallest absolute Gasteiger partial charge is 0.222 e. The largest absolute Gasteiger partial charge is 0.269 e. The molecular formula is C22H19ClN2O6S3. The molecule has 0 radical (unpaired) electrons. The van der Waals surface area contributed by atoms with Gasteiger partial charge in [-0.3, -0.25) is 0 Å². The first-order valence-electron chi connectivity index (χ1n) is 9.80. The van der Waals surface area contributed by atoms with Gasteiger partial charge in [0.1, 0.15) is 0 Å². The first kappa shape index (κ1) is 24.4. The molecule has 0 bridgehead atoms. The second-order valence-electron chi connectivity index (χ2n) is 7.51. The van der Waals surface area contributed by atoms with Crippen LogP contribution in [0.1, 0.15) is 5.56 Å². The predicted octanol–water partition coefficient (Wildman–Crippen LogP) is 3.41. The summed E-state index contributed by atoms with van der Waals surface area (Å²) in [7, 11) is -12.0. The lowest BCUT2D eigenvalue weighted by atomic mass is 10.2. The van der Waals surface area contributed by atoms with Crippen molar-refractivity contribution in [2.75, 3.05) is 6.26 Å². The van der Waals surface area contributed by atoms with Crippen LogP contribution in [0, 0.1) is 0 Å². The van der Waals surface area contributed by atoms with E-state index in [-0.39, 0.29) is 26.9 Å². The highest BCUT2D eigenvalue weighted by atomic mass is 35.5. The number of sulfone groups is 1. The third kappa shape index (κ3) is 4.75. The summed E-state index contributed by atoms with van der Waals surface area (Å²) in [4.78, 5) is -0.291. The zero-order chi connectivity index (χ0) is 24.7. The third-order valence-electron chi connectivity index (χ3n) is 5.02. The van der Waals surface area contributed by atoms with Crippen molar-refractivity contribution in [1.82, 2.24) is 8.69 Å². The van der Waals surface area contributed by atoms with Gasteiger partial charge in [-0.25, -0.2) is 33.9 Å². The molecule has 178 valence electrons. The van der Waals surface area contributed by atoms with E-state index in [0.29, 0.717) is 10.9 Å². The van der Waals surface area contributed by atoms with E-state index in [1.807, 2.05) is 0 Å². The number of nitrogens with one attached hydrogen (secondary N) is 1. The zero-order valence-electron chi connectivity index (χ0n) is 17.7. The van der Waals surface area contributed by atoms with Crippen LogP contribution in [0.25, 0.3) is 10.9 Å². The van der Waals surface area contributed by atoms with E-state index >= 15 is 0 Å². The van der Waals surface area contributed by atoms with E-state index < -0.39 is 34.9 Å². The Morgan fingerprint density at radius 2 is 1.47 bits per heavy atom. The number of hydrogen-bond donors (Lipinski definition) is 1. The van der Waals surface area contributed by atoms with E-state index in [1.165, 1.54) is 60.7 Å². The molecule has 0 aliphatic heterocycles. The number of rotatable bonds is 7. The molecule has 0 fully saturated rings. The quantitative estimate of drug-likeness (QED) is 0.385. The number of benzene rings is 3. The van der Waals surface area contributed by atoms with Crippen LogP contribution in [0.2, 0.25) is 5.02 Å². The summed E-state index contributed by atoms with van der Waals surface area (Å²) >= 11 is 5.99. The van der Waals surface area contributed by atoms with Crippen molar-refractivity contribution in [3.8, 4) is 0 Å². The summed E-state index contributed by atoms with van der Waals surface area (Å²) in [5.41, 5.74) is 0.742. The number of sulfonamides is 1. The van der Waals surface area contributed by atoms with E-state index in [9.17, 15) is 25.3 Å². The number of para-hydroxylation sites is 1. The Hall–Kier alpha value is -2.70. The summed E-state index contributed by atoms with van der Waals surface area (Å²) in [6.07, 6.45) is 1.02. The maximum absolute atomic E-state index is 13.6. The molecule has 0 saturated heterocycles. The molecule has 0 aliphatic carbocycles. The van der Waals surface area contributed by atoms with Crippen molar-refractivity contribution in [3.05, 3.63) is 89.4 Å². The third-order valence-corrected chi connectivity index (χ3v) is 9.50. The van der Waals surface area contributed by atoms with Crippen LogP contribution in [0.5, 0.6) is 0 Å². The maximum Gasteiger partial charge on any atom is 0.269 e. The number of nitrogens with zero attached hydrogens (tertiary/aromatic N) is 1. The van der Waals surface area contributed by atoms with Gasteiger partial charge in [0.15, 0.2) is 5.03 Å². The van der Waals surface area contributed by atoms with Gasteiger partial charge in [-0.05, 0) is 48.0 Å². The van der Waals surface area contributed by atoms with Gasteiger partial charge in [-0.1, -0.05) is 48.0 Å². The molecule has 0 aliphatic rings. The Kier molecular flexibility index (Phi) is 6.34. The Bertz CT molecular complexity index is 1710. The summed E-state index contributed by atoms with van der Waals surface area (Å²) in [6.45, 7) is -0.0113. The molecule has 34 heavy (non-hydrogen) atoms. The molecule has 8 nitrogen and oxygen atoms in total. The monoisotopic (exact) mass is 538 g/mol. The molecule has 0 atom stereocenters. The van der Waals surface area contributed by atoms with E-state index in [2.05, 4.69) is 4.72 Å². The molecule has 4 aromatic rings. The molecule has 0 saturated carbocycles. The predicted molar refractivity (Wildman–Crippen MR) is 130 cm³/mol. The second kappa shape index (κ2) is 8.82. The summed E-state index contributed by atoms with van der Waals surface area (Å²) in [6, 6.07) is 18.9. The average Bonchev–Trinajstić information content (AvgIpc) is 3.19. The fraction of sp³-hybridized carbons (Fsp3) is 0.0909. The van der Waals surface area contributed by atoms with Crippen molar-refractivity contribution >= 4 is 52.4 Å². The minimum atomic E-state index is -4.32. The number of hydrogen-bond acceptors (Lipinski definition) is 6. The van der Waals surface area contributed by atoms with Crippen LogP contribution >= 0.6 is 11.6 Å². The number of halogens is 1. The lowest BCUT2D eigenvalue weighted by Crippen LogP contribution is -2.21. The summed E-state index contributed by atoms with van der Waals surface area (Å²) in [5.74, 6) is 0. The average molecular weight is 539 g/mol. The molecule has 12 heteroatoms. The standard InChI is InChI=1S/C22H19ClN2O6S3/c1-32(26,27)24-15-16-9-11-19(12-10-16)33(28,29)22-13-17-5-2-3-8-21(17)25(22)34(30,31)20-7-4-6-18(23)14-20/h2-14,24H,15H2,1H3. The van der Waals surface area contributed by atoms with Gasteiger partial charge < -0.3 is 0 Å². The fourth-order valence-corrected chi connectivity index (χ4v) is 7.45. The van der Waals surface area contributed by atoms with Gasteiger partial charge in [0.05, 0.1) is 21.6 Å². The normalized spacial score (nSPS) is 12.8. The molecule has 1 heterocycles. The maximum atomic E-state index is 13.6. The Labute approximate surface area is 202 Å². The Balaban J connectivity index is 1.87. The van der Waals surface area contributed by atoms with Crippen LogP contribution in [-0.4, -0.2) is 35.5 Å². The number of aromatic nitrogens is 1. The van der Waals surface area contributed by atoms with Crippen molar-refractivity contribution in [2.24, 2.45) is 0 Å². The molecule has 1 aromatic heterocycles. The molecular weight excluding hydrogens is 520 g/mol. The second-order valence-corrected chi connectivity index (χ2v) is 13.5. The van der Waals surface area contributed by atoms with Gasteiger partial charge in [-0.2, -0.15) is 0 Å². The van der Waals surface area contributed by atoms with Crippen LogP contribution in [0.15, 0.2) is 93.7 Å². The van der Waals surface area contributed by atoms with Crippen LogP contribution < -0.4 is 4.72 Å². The van der Waals surface area contributed by atoms with Gasteiger partial charge >= 0.3 is 0 Å². The van der Waals surface area contributed by atoms with Crippen LogP contribution in [0.3, 0.4) is 0 Å². The molecule has 3 aromatic carbocycles. The van der Waals surface area contributed by atoms with Crippen molar-refractivity contribution in [2.45, 2.75) is 21.4 Å². The molecule has 0 spiro atoms. The molecule has 1 N–H and O–H groups in total. The highest BCUT2D eigenvalue weighted by Crippen LogP contribution is 2.32. The zero-order valence-corrected chi connectivity index (χ0v) is 20.9. The van der Waals surface area contributed by atoms with Crippen molar-refractivity contribution in [1.29, 1.82) is 0 Å². The fourth-order valence-electron chi connectivity index (χ4n) is 3.39. The topological polar surface area (TPSA) is 119 Å². The number of fused-ring (bicyclic) bond motifs is 1.